The number of amides is 2. The fraction of sp³-hybridized carbons (Fsp3) is 0.269. The number of hydrogen-bond donors (Lipinski definition) is 0. The molecule has 1 fully saturated rings. The van der Waals surface area contributed by atoms with E-state index in [1.54, 1.807) is 42.2 Å². The van der Waals surface area contributed by atoms with Crippen molar-refractivity contribution in [1.29, 1.82) is 0 Å². The molecule has 1 aliphatic rings. The number of hydrogen-bond acceptors (Lipinski definition) is 3. The zero-order chi connectivity index (χ0) is 21.8. The molecular formula is C26H27N3O2. The molecule has 5 heteroatoms. The number of nitrogens with zero attached hydrogens (tertiary/aromatic N) is 3. The van der Waals surface area contributed by atoms with E-state index in [1.807, 2.05) is 30.3 Å². The molecule has 0 saturated carbocycles. The highest BCUT2D eigenvalue weighted by Gasteiger charge is 2.47. The topological polar surface area (TPSA) is 53.5 Å². The molecule has 4 rings (SSSR count). The number of carbonyl (C=O) groups is 2. The van der Waals surface area contributed by atoms with Crippen molar-refractivity contribution >= 4 is 11.8 Å². The Labute approximate surface area is 183 Å². The van der Waals surface area contributed by atoms with E-state index in [-0.39, 0.29) is 11.8 Å². The van der Waals surface area contributed by atoms with E-state index in [0.717, 1.165) is 16.7 Å². The third-order valence-electron chi connectivity index (χ3n) is 5.96. The first-order valence-corrected chi connectivity index (χ1v) is 10.5. The summed E-state index contributed by atoms with van der Waals surface area (Å²) in [6, 6.07) is 23.9. The van der Waals surface area contributed by atoms with Gasteiger partial charge in [0.25, 0.3) is 5.91 Å². The van der Waals surface area contributed by atoms with Gasteiger partial charge in [0.05, 0.1) is 5.41 Å². The smallest absolute Gasteiger partial charge is 0.272 e. The van der Waals surface area contributed by atoms with E-state index < -0.39 is 5.41 Å². The minimum absolute atomic E-state index is 0.0638. The Morgan fingerprint density at radius 2 is 1.71 bits per heavy atom. The van der Waals surface area contributed by atoms with Gasteiger partial charge in [0.2, 0.25) is 5.91 Å². The number of likely N-dealkylation sites (tertiary alicyclic amines) is 1. The second-order valence-electron chi connectivity index (χ2n) is 8.41. The van der Waals surface area contributed by atoms with Crippen LogP contribution in [-0.4, -0.2) is 53.8 Å². The van der Waals surface area contributed by atoms with Gasteiger partial charge in [-0.3, -0.25) is 14.6 Å². The third-order valence-corrected chi connectivity index (χ3v) is 5.96. The molecule has 0 spiro atoms. The van der Waals surface area contributed by atoms with Crippen LogP contribution in [0.2, 0.25) is 0 Å². The molecule has 158 valence electrons. The largest absolute Gasteiger partial charge is 0.348 e. The van der Waals surface area contributed by atoms with E-state index in [1.165, 1.54) is 0 Å². The lowest BCUT2D eigenvalue weighted by molar-refractivity contribution is -0.138. The maximum Gasteiger partial charge on any atom is 0.272 e. The summed E-state index contributed by atoms with van der Waals surface area (Å²) in [5, 5.41) is 0. The van der Waals surface area contributed by atoms with Gasteiger partial charge in [0, 0.05) is 33.4 Å². The quantitative estimate of drug-likeness (QED) is 0.637. The van der Waals surface area contributed by atoms with Gasteiger partial charge in [-0.1, -0.05) is 60.7 Å². The van der Waals surface area contributed by atoms with Gasteiger partial charge in [-0.05, 0) is 41.7 Å². The van der Waals surface area contributed by atoms with Crippen LogP contribution in [0.15, 0.2) is 79.0 Å². The van der Waals surface area contributed by atoms with Crippen LogP contribution in [0.5, 0.6) is 0 Å². The highest BCUT2D eigenvalue weighted by Crippen LogP contribution is 2.37. The summed E-state index contributed by atoms with van der Waals surface area (Å²) >= 11 is 0. The molecule has 2 amide bonds. The van der Waals surface area contributed by atoms with Gasteiger partial charge < -0.3 is 9.80 Å². The molecule has 0 unspecified atom stereocenters. The van der Waals surface area contributed by atoms with Crippen LogP contribution in [0.1, 0.15) is 22.5 Å². The number of carbonyl (C=O) groups excluding carboxylic acids is 2. The lowest BCUT2D eigenvalue weighted by Crippen LogP contribution is -2.44. The lowest BCUT2D eigenvalue weighted by Gasteiger charge is -2.31. The summed E-state index contributed by atoms with van der Waals surface area (Å²) in [5.41, 5.74) is 3.16. The molecule has 5 nitrogen and oxygen atoms in total. The standard InChI is InChI=1S/C26H27N3O2/c1-28(2)25(31)26(14-16-29(19-26)24(30)23-13-6-7-15-27-23)18-20-9-8-12-22(17-20)21-10-4-3-5-11-21/h3-13,15,17H,14,16,18-19H2,1-2H3/t26-/m0/s1. The van der Waals surface area contributed by atoms with Crippen LogP contribution in [0.25, 0.3) is 11.1 Å². The van der Waals surface area contributed by atoms with E-state index >= 15 is 0 Å². The molecule has 0 N–H and O–H groups in total. The Morgan fingerprint density at radius 3 is 2.42 bits per heavy atom. The van der Waals surface area contributed by atoms with Gasteiger partial charge >= 0.3 is 0 Å². The van der Waals surface area contributed by atoms with Gasteiger partial charge in [0.1, 0.15) is 5.69 Å². The second-order valence-corrected chi connectivity index (χ2v) is 8.41. The summed E-state index contributed by atoms with van der Waals surface area (Å²) in [6.45, 7) is 0.947. The molecule has 0 bridgehead atoms. The fourth-order valence-electron chi connectivity index (χ4n) is 4.45. The first-order valence-electron chi connectivity index (χ1n) is 10.5. The van der Waals surface area contributed by atoms with Crippen molar-refractivity contribution in [3.05, 3.63) is 90.3 Å². The van der Waals surface area contributed by atoms with Crippen LogP contribution >= 0.6 is 0 Å². The van der Waals surface area contributed by atoms with Crippen molar-refractivity contribution in [3.8, 4) is 11.1 Å². The minimum Gasteiger partial charge on any atom is -0.348 e. The Kier molecular flexibility index (Phi) is 5.85. The van der Waals surface area contributed by atoms with E-state index in [2.05, 4.69) is 35.3 Å². The zero-order valence-corrected chi connectivity index (χ0v) is 18.0. The maximum absolute atomic E-state index is 13.3. The van der Waals surface area contributed by atoms with Gasteiger partial charge in [-0.2, -0.15) is 0 Å². The number of rotatable bonds is 5. The predicted octanol–water partition coefficient (Wildman–Crippen LogP) is 3.91. The molecule has 31 heavy (non-hydrogen) atoms. The molecule has 0 radical (unpaired) electrons. The first kappa shape index (κ1) is 20.8. The Hall–Kier alpha value is -3.47. The Bertz CT molecular complexity index is 1070. The van der Waals surface area contributed by atoms with Crippen LogP contribution < -0.4 is 0 Å². The van der Waals surface area contributed by atoms with E-state index in [4.69, 9.17) is 0 Å². The third kappa shape index (κ3) is 4.36. The fourth-order valence-corrected chi connectivity index (χ4v) is 4.45. The summed E-state index contributed by atoms with van der Waals surface area (Å²) in [7, 11) is 3.57. The highest BCUT2D eigenvalue weighted by molar-refractivity contribution is 5.93. The average molecular weight is 414 g/mol. The minimum atomic E-state index is -0.636. The normalized spacial score (nSPS) is 18.1. The summed E-state index contributed by atoms with van der Waals surface area (Å²) in [4.78, 5) is 33.9. The Balaban J connectivity index is 1.61. The Morgan fingerprint density at radius 1 is 0.968 bits per heavy atom. The van der Waals surface area contributed by atoms with E-state index in [0.29, 0.717) is 31.6 Å². The van der Waals surface area contributed by atoms with Crippen LogP contribution in [0.4, 0.5) is 0 Å². The van der Waals surface area contributed by atoms with Crippen molar-refractivity contribution in [2.45, 2.75) is 12.8 Å². The van der Waals surface area contributed by atoms with Crippen LogP contribution in [0.3, 0.4) is 0 Å². The highest BCUT2D eigenvalue weighted by atomic mass is 16.2. The van der Waals surface area contributed by atoms with E-state index in [9.17, 15) is 9.59 Å². The number of benzene rings is 2. The number of pyridine rings is 1. The number of aromatic nitrogens is 1. The van der Waals surface area contributed by atoms with Crippen molar-refractivity contribution in [2.75, 3.05) is 27.2 Å². The molecule has 3 aromatic rings. The molecule has 1 aromatic heterocycles. The molecule has 2 aromatic carbocycles. The van der Waals surface area contributed by atoms with Crippen LogP contribution in [0, 0.1) is 5.41 Å². The van der Waals surface area contributed by atoms with Gasteiger partial charge in [-0.25, -0.2) is 0 Å². The summed E-state index contributed by atoms with van der Waals surface area (Å²) in [5.74, 6) is -0.0546. The molecular weight excluding hydrogens is 386 g/mol. The maximum atomic E-state index is 13.3. The zero-order valence-electron chi connectivity index (χ0n) is 18.0. The summed E-state index contributed by atoms with van der Waals surface area (Å²) < 4.78 is 0. The first-order chi connectivity index (χ1) is 15.0. The van der Waals surface area contributed by atoms with Gasteiger partial charge in [-0.15, -0.1) is 0 Å². The lowest BCUT2D eigenvalue weighted by atomic mass is 9.79. The molecule has 1 saturated heterocycles. The van der Waals surface area contributed by atoms with Crippen LogP contribution in [-0.2, 0) is 11.2 Å². The van der Waals surface area contributed by atoms with Crippen molar-refractivity contribution in [1.82, 2.24) is 14.8 Å². The van der Waals surface area contributed by atoms with Crippen molar-refractivity contribution in [3.63, 3.8) is 0 Å². The molecule has 1 atom stereocenters. The molecule has 2 heterocycles. The van der Waals surface area contributed by atoms with Crippen molar-refractivity contribution in [2.24, 2.45) is 5.41 Å². The summed E-state index contributed by atoms with van der Waals surface area (Å²) in [6.07, 6.45) is 2.85. The second kappa shape index (κ2) is 8.72. The SMILES string of the molecule is CN(C)C(=O)[C@]1(Cc2cccc(-c3ccccc3)c2)CCN(C(=O)c2ccccn2)C1. The molecule has 0 aliphatic carbocycles. The van der Waals surface area contributed by atoms with Gasteiger partial charge in [0.15, 0.2) is 0 Å². The van der Waals surface area contributed by atoms with Crippen molar-refractivity contribution < 1.29 is 9.59 Å². The average Bonchev–Trinajstić information content (AvgIpc) is 3.24. The predicted molar refractivity (Wildman–Crippen MR) is 121 cm³/mol. The monoisotopic (exact) mass is 413 g/mol. The molecule has 1 aliphatic heterocycles.